The van der Waals surface area contributed by atoms with E-state index in [2.05, 4.69) is 15.9 Å². The van der Waals surface area contributed by atoms with Crippen LogP contribution in [0.25, 0.3) is 20.2 Å². The Hall–Kier alpha value is -3.60. The van der Waals surface area contributed by atoms with Crippen molar-refractivity contribution in [2.45, 2.75) is 26.7 Å². The Labute approximate surface area is 260 Å². The van der Waals surface area contributed by atoms with Gasteiger partial charge in [0.1, 0.15) is 19.0 Å². The van der Waals surface area contributed by atoms with Crippen LogP contribution in [0.1, 0.15) is 37.0 Å². The van der Waals surface area contributed by atoms with Crippen LogP contribution in [0, 0.1) is 0 Å². The lowest BCUT2D eigenvalue weighted by molar-refractivity contribution is -0.149. The first kappa shape index (κ1) is 34.6. The molecule has 0 radical (unpaired) electrons. The SMILES string of the molecule is CC.O=C(CCBr)OCCOC(=O)C(=O)c1ccccc1.O=C(CCCl)Oc1ccc2sc3ccccc3c(=O)c2c1. The molecule has 4 aromatic rings. The molecule has 0 saturated heterocycles. The van der Waals surface area contributed by atoms with E-state index in [1.165, 1.54) is 12.1 Å². The second-order valence-electron chi connectivity index (χ2n) is 7.99. The number of esters is 3. The van der Waals surface area contributed by atoms with Crippen LogP contribution in [-0.4, -0.2) is 48.1 Å². The average molecular weight is 678 g/mol. The van der Waals surface area contributed by atoms with Crippen LogP contribution in [0.3, 0.4) is 0 Å². The van der Waals surface area contributed by atoms with Gasteiger partial charge in [-0.25, -0.2) is 4.79 Å². The molecule has 0 unspecified atom stereocenters. The smallest absolute Gasteiger partial charge is 0.379 e. The van der Waals surface area contributed by atoms with E-state index < -0.39 is 17.7 Å². The molecule has 0 bridgehead atoms. The van der Waals surface area contributed by atoms with E-state index in [4.69, 9.17) is 25.8 Å². The number of hydrogen-bond acceptors (Lipinski definition) is 9. The first-order valence-corrected chi connectivity index (χ1v) is 15.5. The summed E-state index contributed by atoms with van der Waals surface area (Å²) < 4.78 is 16.5. The quantitative estimate of drug-likeness (QED) is 0.0346. The fourth-order valence-corrected chi connectivity index (χ4v) is 4.85. The van der Waals surface area contributed by atoms with Gasteiger partial charge in [-0.05, 0) is 30.3 Å². The summed E-state index contributed by atoms with van der Waals surface area (Å²) in [5.41, 5.74) is 0.221. The average Bonchev–Trinajstić information content (AvgIpc) is 3.01. The summed E-state index contributed by atoms with van der Waals surface area (Å²) in [6.45, 7) is 3.81. The number of carbonyl (C=O) groups excluding carboxylic acids is 4. The molecular weight excluding hydrogens is 648 g/mol. The third kappa shape index (κ3) is 10.7. The largest absolute Gasteiger partial charge is 0.462 e. The standard InChI is InChI=1S/C16H11ClO3S.C13H13BrO5.C2H6/c17-8-7-15(18)20-10-5-6-14-12(9-10)16(19)11-3-1-2-4-13(11)21-14;14-7-6-11(15)18-8-9-19-13(17)12(16)10-4-2-1-3-5-10;1-2/h1-6,9H,7-8H2;1-5H,6-9H2;1-2H3. The van der Waals surface area contributed by atoms with E-state index in [9.17, 15) is 24.0 Å². The van der Waals surface area contributed by atoms with E-state index in [0.717, 1.165) is 9.40 Å². The van der Waals surface area contributed by atoms with Crippen LogP contribution < -0.4 is 10.2 Å². The maximum Gasteiger partial charge on any atom is 0.379 e. The fourth-order valence-electron chi connectivity index (χ4n) is 3.32. The molecule has 0 aliphatic heterocycles. The van der Waals surface area contributed by atoms with Crippen molar-refractivity contribution in [2.24, 2.45) is 0 Å². The normalized spacial score (nSPS) is 10.0. The molecule has 42 heavy (non-hydrogen) atoms. The summed E-state index contributed by atoms with van der Waals surface area (Å²) in [5, 5.41) is 1.76. The molecule has 0 saturated carbocycles. The molecule has 0 aliphatic rings. The molecule has 222 valence electrons. The number of Topliss-reactive ketones (excluding diaryl/α,β-unsaturated/α-hetero) is 1. The van der Waals surface area contributed by atoms with Gasteiger partial charge in [-0.15, -0.1) is 22.9 Å². The predicted octanol–water partition coefficient (Wildman–Crippen LogP) is 6.72. The van der Waals surface area contributed by atoms with Gasteiger partial charge in [-0.3, -0.25) is 19.2 Å². The maximum atomic E-state index is 12.5. The topological polar surface area (TPSA) is 113 Å². The maximum absolute atomic E-state index is 12.5. The van der Waals surface area contributed by atoms with E-state index in [1.807, 2.05) is 32.0 Å². The molecule has 0 spiro atoms. The summed E-state index contributed by atoms with van der Waals surface area (Å²) in [6, 6.07) is 20.7. The van der Waals surface area contributed by atoms with Crippen molar-refractivity contribution in [1.29, 1.82) is 0 Å². The fraction of sp³-hybridized carbons (Fsp3) is 0.258. The van der Waals surface area contributed by atoms with Gasteiger partial charge >= 0.3 is 17.9 Å². The Morgan fingerprint density at radius 1 is 0.786 bits per heavy atom. The molecule has 0 atom stereocenters. The summed E-state index contributed by atoms with van der Waals surface area (Å²) >= 11 is 10.1. The van der Waals surface area contributed by atoms with Gasteiger partial charge in [-0.2, -0.15) is 0 Å². The molecule has 0 amide bonds. The zero-order chi connectivity index (χ0) is 30.9. The minimum Gasteiger partial charge on any atom is -0.462 e. The third-order valence-corrected chi connectivity index (χ3v) is 6.91. The number of ether oxygens (including phenoxy) is 3. The second-order valence-corrected chi connectivity index (χ2v) is 10.2. The highest BCUT2D eigenvalue weighted by molar-refractivity contribution is 9.09. The molecule has 3 aromatic carbocycles. The van der Waals surface area contributed by atoms with Gasteiger partial charge in [0.2, 0.25) is 0 Å². The van der Waals surface area contributed by atoms with Gasteiger partial charge in [0, 0.05) is 36.9 Å². The van der Waals surface area contributed by atoms with Crippen molar-refractivity contribution in [1.82, 2.24) is 0 Å². The lowest BCUT2D eigenvalue weighted by atomic mass is 10.1. The number of alkyl halides is 2. The Morgan fingerprint density at radius 2 is 1.43 bits per heavy atom. The second kappa shape index (κ2) is 18.8. The molecule has 0 aliphatic carbocycles. The first-order valence-electron chi connectivity index (χ1n) is 13.0. The number of benzene rings is 3. The number of halogens is 2. The minimum absolute atomic E-state index is 0.0467. The zero-order valence-corrected chi connectivity index (χ0v) is 26.3. The van der Waals surface area contributed by atoms with Crippen molar-refractivity contribution in [3.8, 4) is 5.75 Å². The number of rotatable bonds is 10. The molecule has 11 heteroatoms. The van der Waals surface area contributed by atoms with E-state index >= 15 is 0 Å². The highest BCUT2D eigenvalue weighted by Gasteiger charge is 2.17. The number of ketones is 1. The van der Waals surface area contributed by atoms with Crippen molar-refractivity contribution in [2.75, 3.05) is 24.4 Å². The summed E-state index contributed by atoms with van der Waals surface area (Å²) in [6.07, 6.45) is 0.390. The van der Waals surface area contributed by atoms with Crippen LogP contribution in [0.2, 0.25) is 0 Å². The first-order chi connectivity index (χ1) is 20.3. The Kier molecular flexibility index (Phi) is 15.5. The zero-order valence-electron chi connectivity index (χ0n) is 23.1. The number of hydrogen-bond donors (Lipinski definition) is 0. The van der Waals surface area contributed by atoms with Crippen molar-refractivity contribution < 1.29 is 33.4 Å². The molecular formula is C31H30BrClO8S. The molecule has 0 N–H and O–H groups in total. The van der Waals surface area contributed by atoms with E-state index in [1.54, 1.807) is 53.8 Å². The highest BCUT2D eigenvalue weighted by Crippen LogP contribution is 2.27. The van der Waals surface area contributed by atoms with Gasteiger partial charge in [0.05, 0.1) is 12.8 Å². The minimum atomic E-state index is -0.956. The van der Waals surface area contributed by atoms with Gasteiger partial charge in [-0.1, -0.05) is 72.2 Å². The number of carbonyl (C=O) groups is 4. The Balaban J connectivity index is 0.000000279. The highest BCUT2D eigenvalue weighted by atomic mass is 79.9. The van der Waals surface area contributed by atoms with Crippen LogP contribution in [0.5, 0.6) is 5.75 Å². The number of fused-ring (bicyclic) bond motifs is 2. The van der Waals surface area contributed by atoms with Crippen LogP contribution in [0.15, 0.2) is 77.6 Å². The van der Waals surface area contributed by atoms with Crippen molar-refractivity contribution >= 4 is 82.7 Å². The van der Waals surface area contributed by atoms with Crippen molar-refractivity contribution in [3.05, 3.63) is 88.6 Å². The summed E-state index contributed by atoms with van der Waals surface area (Å²) in [5.74, 6) is -1.87. The van der Waals surface area contributed by atoms with E-state index in [-0.39, 0.29) is 48.9 Å². The molecule has 1 aromatic heterocycles. The van der Waals surface area contributed by atoms with Crippen LogP contribution >= 0.6 is 38.9 Å². The summed E-state index contributed by atoms with van der Waals surface area (Å²) in [7, 11) is 0. The Morgan fingerprint density at radius 3 is 2.12 bits per heavy atom. The van der Waals surface area contributed by atoms with Gasteiger partial charge in [0.15, 0.2) is 5.43 Å². The third-order valence-electron chi connectivity index (χ3n) is 5.18. The molecule has 1 heterocycles. The van der Waals surface area contributed by atoms with Gasteiger partial charge < -0.3 is 14.2 Å². The van der Waals surface area contributed by atoms with Crippen molar-refractivity contribution in [3.63, 3.8) is 0 Å². The molecule has 4 rings (SSSR count). The molecule has 8 nitrogen and oxygen atoms in total. The van der Waals surface area contributed by atoms with E-state index in [0.29, 0.717) is 21.9 Å². The molecule has 0 fully saturated rings. The van der Waals surface area contributed by atoms with Crippen LogP contribution in [0.4, 0.5) is 0 Å². The van der Waals surface area contributed by atoms with Crippen LogP contribution in [-0.2, 0) is 23.9 Å². The lowest BCUT2D eigenvalue weighted by Crippen LogP contribution is -2.20. The predicted molar refractivity (Wildman–Crippen MR) is 169 cm³/mol. The lowest BCUT2D eigenvalue weighted by Gasteiger charge is -2.05. The Bertz CT molecular complexity index is 1560. The summed E-state index contributed by atoms with van der Waals surface area (Å²) in [4.78, 5) is 57.9. The monoisotopic (exact) mass is 676 g/mol. The van der Waals surface area contributed by atoms with Gasteiger partial charge in [0.25, 0.3) is 5.78 Å².